The fraction of sp³-hybridized carbons (Fsp3) is 0.290. The summed E-state index contributed by atoms with van der Waals surface area (Å²) in [7, 11) is 0. The van der Waals surface area contributed by atoms with E-state index in [1.807, 2.05) is 19.1 Å². The number of hydrogen-bond acceptors (Lipinski definition) is 7. The number of nitro groups is 1. The van der Waals surface area contributed by atoms with Gasteiger partial charge in [-0.2, -0.15) is 0 Å². The molecule has 1 amide bonds. The summed E-state index contributed by atoms with van der Waals surface area (Å²) >= 11 is 1.25. The molecule has 1 aliphatic heterocycles. The first-order valence-electron chi connectivity index (χ1n) is 13.6. The third-order valence-corrected chi connectivity index (χ3v) is 7.94. The third kappa shape index (κ3) is 6.77. The summed E-state index contributed by atoms with van der Waals surface area (Å²) in [5.74, 6) is 0.472. The molecule has 2 fully saturated rings. The SMILES string of the molecule is CCOc1cc(/C=C2\SC(=Nc3ccccc3F)N(C3CCCCC3)C2=O)ccc1OCc1ccc([N+](=O)[O-])cc1. The Morgan fingerprint density at radius 1 is 1.05 bits per heavy atom. The third-order valence-electron chi connectivity index (χ3n) is 6.95. The van der Waals surface area contributed by atoms with Crippen molar-refractivity contribution < 1.29 is 23.6 Å². The van der Waals surface area contributed by atoms with Crippen LogP contribution < -0.4 is 9.47 Å². The lowest BCUT2D eigenvalue weighted by Crippen LogP contribution is -2.40. The van der Waals surface area contributed by atoms with Gasteiger partial charge in [0.15, 0.2) is 16.7 Å². The normalized spacial score (nSPS) is 17.8. The molecule has 2 aliphatic rings. The van der Waals surface area contributed by atoms with E-state index in [4.69, 9.17) is 9.47 Å². The number of nitrogens with zero attached hydrogens (tertiary/aromatic N) is 3. The predicted octanol–water partition coefficient (Wildman–Crippen LogP) is 7.65. The van der Waals surface area contributed by atoms with Crippen LogP contribution in [0.1, 0.15) is 50.2 Å². The van der Waals surface area contributed by atoms with Gasteiger partial charge in [-0.3, -0.25) is 19.8 Å². The predicted molar refractivity (Wildman–Crippen MR) is 158 cm³/mol. The summed E-state index contributed by atoms with van der Waals surface area (Å²) in [4.78, 5) is 30.9. The first kappa shape index (κ1) is 28.4. The van der Waals surface area contributed by atoms with Gasteiger partial charge in [-0.1, -0.05) is 37.5 Å². The van der Waals surface area contributed by atoms with Crippen LogP contribution in [-0.4, -0.2) is 33.5 Å². The molecule has 41 heavy (non-hydrogen) atoms. The van der Waals surface area contributed by atoms with Crippen LogP contribution in [0.25, 0.3) is 6.08 Å². The number of non-ortho nitro benzene ring substituents is 1. The standard InChI is InChI=1S/C31H30FN3O5S/c1-2-39-28-18-22(14-17-27(28)40-20-21-12-15-24(16-13-21)35(37)38)19-29-30(36)34(23-8-4-3-5-9-23)31(41-29)33-26-11-7-6-10-25(26)32/h6-7,10-19,23H,2-5,8-9,20H2,1H3/b29-19-,33-31?. The van der Waals surface area contributed by atoms with E-state index in [0.29, 0.717) is 28.2 Å². The number of nitro benzene ring substituents is 1. The number of carbonyl (C=O) groups excluding carboxylic acids is 1. The van der Waals surface area contributed by atoms with Crippen LogP contribution in [0.4, 0.5) is 15.8 Å². The van der Waals surface area contributed by atoms with Crippen molar-refractivity contribution in [3.63, 3.8) is 0 Å². The molecule has 1 saturated carbocycles. The summed E-state index contributed by atoms with van der Waals surface area (Å²) in [5, 5.41) is 11.4. The number of hydrogen-bond donors (Lipinski definition) is 0. The Balaban J connectivity index is 1.39. The van der Waals surface area contributed by atoms with E-state index in [1.54, 1.807) is 47.4 Å². The highest BCUT2D eigenvalue weighted by atomic mass is 32.2. The van der Waals surface area contributed by atoms with Gasteiger partial charge in [0.2, 0.25) is 0 Å². The number of ether oxygens (including phenoxy) is 2. The van der Waals surface area contributed by atoms with Crippen LogP contribution in [-0.2, 0) is 11.4 Å². The molecule has 0 bridgehead atoms. The first-order valence-corrected chi connectivity index (χ1v) is 14.4. The molecule has 10 heteroatoms. The Labute approximate surface area is 242 Å². The fourth-order valence-corrected chi connectivity index (χ4v) is 5.95. The van der Waals surface area contributed by atoms with Crippen LogP contribution in [0, 0.1) is 15.9 Å². The molecule has 8 nitrogen and oxygen atoms in total. The summed E-state index contributed by atoms with van der Waals surface area (Å²) < 4.78 is 26.2. The van der Waals surface area contributed by atoms with Crippen molar-refractivity contribution >= 4 is 40.3 Å². The molecule has 3 aromatic rings. The van der Waals surface area contributed by atoms with Crippen LogP contribution in [0.15, 0.2) is 76.6 Å². The van der Waals surface area contributed by atoms with Crippen molar-refractivity contribution in [3.8, 4) is 11.5 Å². The number of para-hydroxylation sites is 1. The van der Waals surface area contributed by atoms with E-state index < -0.39 is 10.7 Å². The van der Waals surface area contributed by atoms with Crippen molar-refractivity contribution in [3.05, 3.63) is 98.7 Å². The van der Waals surface area contributed by atoms with Gasteiger partial charge in [-0.15, -0.1) is 0 Å². The molecule has 0 spiro atoms. The van der Waals surface area contributed by atoms with Gasteiger partial charge in [-0.05, 0) is 85.1 Å². The van der Waals surface area contributed by atoms with Gasteiger partial charge in [0.05, 0.1) is 16.4 Å². The van der Waals surface area contributed by atoms with Crippen molar-refractivity contribution in [2.45, 2.75) is 51.7 Å². The highest BCUT2D eigenvalue weighted by Crippen LogP contribution is 2.39. The number of carbonyl (C=O) groups is 1. The Bertz CT molecular complexity index is 1490. The summed E-state index contributed by atoms with van der Waals surface area (Å²) in [6, 6.07) is 18.0. The van der Waals surface area contributed by atoms with Crippen molar-refractivity contribution in [1.82, 2.24) is 4.90 Å². The highest BCUT2D eigenvalue weighted by molar-refractivity contribution is 8.18. The molecule has 212 valence electrons. The Hall–Kier alpha value is -4.18. The number of halogens is 1. The Morgan fingerprint density at radius 2 is 1.80 bits per heavy atom. The molecule has 3 aromatic carbocycles. The Kier molecular flexibility index (Phi) is 8.98. The molecule has 0 aromatic heterocycles. The maximum Gasteiger partial charge on any atom is 0.269 e. The van der Waals surface area contributed by atoms with Crippen molar-refractivity contribution in [2.24, 2.45) is 4.99 Å². The van der Waals surface area contributed by atoms with Gasteiger partial charge in [0.25, 0.3) is 11.6 Å². The zero-order valence-corrected chi connectivity index (χ0v) is 23.4. The lowest BCUT2D eigenvalue weighted by atomic mass is 9.94. The van der Waals surface area contributed by atoms with E-state index >= 15 is 0 Å². The number of rotatable bonds is 9. The smallest absolute Gasteiger partial charge is 0.269 e. The van der Waals surface area contributed by atoms with E-state index in [0.717, 1.165) is 43.2 Å². The van der Waals surface area contributed by atoms with Crippen LogP contribution in [0.3, 0.4) is 0 Å². The lowest BCUT2D eigenvalue weighted by Gasteiger charge is -2.30. The maximum atomic E-state index is 14.4. The average Bonchev–Trinajstić information content (AvgIpc) is 3.28. The lowest BCUT2D eigenvalue weighted by molar-refractivity contribution is -0.384. The number of amidine groups is 1. The van der Waals surface area contributed by atoms with Crippen LogP contribution >= 0.6 is 11.8 Å². The molecule has 1 saturated heterocycles. The number of thioether (sulfide) groups is 1. The van der Waals surface area contributed by atoms with E-state index in [-0.39, 0.29) is 29.9 Å². The second kappa shape index (κ2) is 13.0. The first-order chi connectivity index (χ1) is 19.9. The molecule has 0 unspecified atom stereocenters. The monoisotopic (exact) mass is 575 g/mol. The second-order valence-electron chi connectivity index (χ2n) is 9.77. The van der Waals surface area contributed by atoms with Gasteiger partial charge < -0.3 is 9.47 Å². The van der Waals surface area contributed by atoms with Crippen molar-refractivity contribution in [1.29, 1.82) is 0 Å². The van der Waals surface area contributed by atoms with Crippen molar-refractivity contribution in [2.75, 3.05) is 6.61 Å². The van der Waals surface area contributed by atoms with E-state index in [9.17, 15) is 19.3 Å². The molecular formula is C31H30FN3O5S. The number of benzene rings is 3. The molecular weight excluding hydrogens is 545 g/mol. The largest absolute Gasteiger partial charge is 0.490 e. The highest BCUT2D eigenvalue weighted by Gasteiger charge is 2.38. The average molecular weight is 576 g/mol. The van der Waals surface area contributed by atoms with E-state index in [2.05, 4.69) is 4.99 Å². The molecule has 0 N–H and O–H groups in total. The minimum absolute atomic E-state index is 0.0182. The quantitative estimate of drug-likeness (QED) is 0.148. The number of amides is 1. The summed E-state index contributed by atoms with van der Waals surface area (Å²) in [6.07, 6.45) is 6.83. The minimum Gasteiger partial charge on any atom is -0.490 e. The molecule has 1 heterocycles. The molecule has 5 rings (SSSR count). The van der Waals surface area contributed by atoms with E-state index in [1.165, 1.54) is 30.0 Å². The number of aliphatic imine (C=N–C) groups is 1. The maximum absolute atomic E-state index is 14.4. The molecule has 1 aliphatic carbocycles. The minimum atomic E-state index is -0.443. The van der Waals surface area contributed by atoms with Crippen LogP contribution in [0.5, 0.6) is 11.5 Å². The van der Waals surface area contributed by atoms with Gasteiger partial charge in [-0.25, -0.2) is 9.38 Å². The topological polar surface area (TPSA) is 94.3 Å². The summed E-state index contributed by atoms with van der Waals surface area (Å²) in [5.41, 5.74) is 1.76. The zero-order valence-electron chi connectivity index (χ0n) is 22.6. The van der Waals surface area contributed by atoms with Crippen LogP contribution in [0.2, 0.25) is 0 Å². The molecule has 0 radical (unpaired) electrons. The zero-order chi connectivity index (χ0) is 28.8. The molecule has 0 atom stereocenters. The Morgan fingerprint density at radius 3 is 2.51 bits per heavy atom. The van der Waals surface area contributed by atoms with Gasteiger partial charge in [0, 0.05) is 18.2 Å². The second-order valence-corrected chi connectivity index (χ2v) is 10.8. The van der Waals surface area contributed by atoms with Gasteiger partial charge >= 0.3 is 0 Å². The summed E-state index contributed by atoms with van der Waals surface area (Å²) in [6.45, 7) is 2.49. The fourth-order valence-electron chi connectivity index (χ4n) is 4.90. The van der Waals surface area contributed by atoms with Gasteiger partial charge in [0.1, 0.15) is 18.1 Å².